The van der Waals surface area contributed by atoms with Gasteiger partial charge in [0.25, 0.3) is 0 Å². The third-order valence-corrected chi connectivity index (χ3v) is 8.93. The molecule has 0 radical (unpaired) electrons. The van der Waals surface area contributed by atoms with Crippen molar-refractivity contribution in [2.45, 2.75) is 31.6 Å². The molecule has 0 aromatic carbocycles. The average molecular weight is 450 g/mol. The molecule has 2 aliphatic heterocycles. The molecular weight excluding hydrogens is 422 g/mol. The Morgan fingerprint density at radius 3 is 2.53 bits per heavy atom. The largest absolute Gasteiger partial charge is 0.355 e. The molecule has 162 valence electrons. The molecule has 1 amide bonds. The minimum atomic E-state index is -3.51. The van der Waals surface area contributed by atoms with E-state index in [9.17, 15) is 13.2 Å². The number of rotatable bonds is 4. The van der Waals surface area contributed by atoms with Crippen LogP contribution in [0.5, 0.6) is 0 Å². The molecule has 0 bridgehead atoms. The first-order valence-electron chi connectivity index (χ1n) is 10.2. The number of anilines is 1. The third kappa shape index (κ3) is 4.21. The number of nitrogens with zero attached hydrogens (tertiary/aromatic N) is 5. The number of hydrogen-bond acceptors (Lipinski definition) is 7. The van der Waals surface area contributed by atoms with Crippen molar-refractivity contribution in [1.82, 2.24) is 19.2 Å². The zero-order valence-corrected chi connectivity index (χ0v) is 19.0. The number of thiophene rings is 1. The molecule has 2 aromatic heterocycles. The molecule has 2 fully saturated rings. The highest BCUT2D eigenvalue weighted by Crippen LogP contribution is 2.29. The molecule has 0 saturated carbocycles. The predicted octanol–water partition coefficient (Wildman–Crippen LogP) is 1.90. The van der Waals surface area contributed by atoms with Gasteiger partial charge in [-0.2, -0.15) is 4.31 Å². The first-order valence-corrected chi connectivity index (χ1v) is 12.5. The van der Waals surface area contributed by atoms with Gasteiger partial charge in [-0.3, -0.25) is 9.78 Å². The maximum atomic E-state index is 13.1. The normalized spacial score (nSPS) is 21.1. The summed E-state index contributed by atoms with van der Waals surface area (Å²) in [5, 5.41) is 0. The standard InChI is InChI=1S/C20H27N5O3S2/c1-15-12-18(16(2)29-15)30(27,28)25-10-8-23(9-11-25)20(26)17-4-3-7-24(14-17)19-13-21-5-6-22-19/h5-6,12-13,17H,3-4,7-11,14H2,1-2H3. The van der Waals surface area contributed by atoms with Crippen LogP contribution in [0.2, 0.25) is 0 Å². The minimum Gasteiger partial charge on any atom is -0.355 e. The lowest BCUT2D eigenvalue weighted by Crippen LogP contribution is -2.53. The van der Waals surface area contributed by atoms with Gasteiger partial charge < -0.3 is 9.80 Å². The molecule has 1 unspecified atom stereocenters. The smallest absolute Gasteiger partial charge is 0.244 e. The van der Waals surface area contributed by atoms with E-state index in [1.54, 1.807) is 24.7 Å². The molecular formula is C20H27N5O3S2. The van der Waals surface area contributed by atoms with Crippen LogP contribution in [0.25, 0.3) is 0 Å². The second-order valence-electron chi connectivity index (χ2n) is 7.86. The summed E-state index contributed by atoms with van der Waals surface area (Å²) in [6, 6.07) is 1.75. The predicted molar refractivity (Wildman–Crippen MR) is 116 cm³/mol. The van der Waals surface area contributed by atoms with Crippen LogP contribution in [0.4, 0.5) is 5.82 Å². The fraction of sp³-hybridized carbons (Fsp3) is 0.550. The minimum absolute atomic E-state index is 0.0920. The highest BCUT2D eigenvalue weighted by molar-refractivity contribution is 7.89. The number of piperidine rings is 1. The van der Waals surface area contributed by atoms with Crippen LogP contribution in [-0.4, -0.2) is 72.8 Å². The van der Waals surface area contributed by atoms with Crippen LogP contribution < -0.4 is 4.90 Å². The Labute approximate surface area is 181 Å². The van der Waals surface area contributed by atoms with Crippen molar-refractivity contribution in [3.8, 4) is 0 Å². The Bertz CT molecular complexity index is 1000. The molecule has 8 nitrogen and oxygen atoms in total. The Hall–Kier alpha value is -2.04. The highest BCUT2D eigenvalue weighted by atomic mass is 32.2. The molecule has 2 aliphatic rings. The van der Waals surface area contributed by atoms with E-state index in [1.807, 2.05) is 18.7 Å². The molecule has 2 saturated heterocycles. The van der Waals surface area contributed by atoms with Crippen LogP contribution in [-0.2, 0) is 14.8 Å². The van der Waals surface area contributed by atoms with Crippen molar-refractivity contribution in [3.05, 3.63) is 34.4 Å². The molecule has 2 aromatic rings. The van der Waals surface area contributed by atoms with Crippen molar-refractivity contribution in [3.63, 3.8) is 0 Å². The van der Waals surface area contributed by atoms with Gasteiger partial charge in [0.2, 0.25) is 15.9 Å². The van der Waals surface area contributed by atoms with Gasteiger partial charge in [0.05, 0.1) is 17.0 Å². The average Bonchev–Trinajstić information content (AvgIpc) is 3.13. The lowest BCUT2D eigenvalue weighted by molar-refractivity contribution is -0.137. The van der Waals surface area contributed by atoms with Crippen molar-refractivity contribution >= 4 is 33.1 Å². The number of piperazine rings is 1. The summed E-state index contributed by atoms with van der Waals surface area (Å²) in [5.74, 6) is 0.821. The topological polar surface area (TPSA) is 86.7 Å². The van der Waals surface area contributed by atoms with Crippen LogP contribution in [0.15, 0.2) is 29.6 Å². The Morgan fingerprint density at radius 2 is 1.90 bits per heavy atom. The van der Waals surface area contributed by atoms with Crippen molar-refractivity contribution in [2.75, 3.05) is 44.2 Å². The van der Waals surface area contributed by atoms with Crippen LogP contribution in [0.1, 0.15) is 22.6 Å². The van der Waals surface area contributed by atoms with E-state index in [0.29, 0.717) is 37.6 Å². The number of carbonyl (C=O) groups excluding carboxylic acids is 1. The maximum absolute atomic E-state index is 13.1. The van der Waals surface area contributed by atoms with Gasteiger partial charge in [0.15, 0.2) is 0 Å². The van der Waals surface area contributed by atoms with Crippen molar-refractivity contribution in [2.24, 2.45) is 5.92 Å². The van der Waals surface area contributed by atoms with Crippen molar-refractivity contribution in [1.29, 1.82) is 0 Å². The highest BCUT2D eigenvalue weighted by Gasteiger charge is 2.35. The number of sulfonamides is 1. The van der Waals surface area contributed by atoms with Crippen LogP contribution in [0.3, 0.4) is 0 Å². The number of carbonyl (C=O) groups is 1. The second-order valence-corrected chi connectivity index (χ2v) is 11.2. The fourth-order valence-corrected chi connectivity index (χ4v) is 7.20. The molecule has 4 heterocycles. The summed E-state index contributed by atoms with van der Waals surface area (Å²) in [5.41, 5.74) is 0. The summed E-state index contributed by atoms with van der Waals surface area (Å²) in [7, 11) is -3.51. The number of aromatic nitrogens is 2. The van der Waals surface area contributed by atoms with Gasteiger partial charge in [0, 0.05) is 61.4 Å². The maximum Gasteiger partial charge on any atom is 0.244 e. The van der Waals surface area contributed by atoms with E-state index in [2.05, 4.69) is 14.9 Å². The van der Waals surface area contributed by atoms with Gasteiger partial charge >= 0.3 is 0 Å². The Kier molecular flexibility index (Phi) is 6.08. The number of aryl methyl sites for hydroxylation is 2. The zero-order valence-electron chi connectivity index (χ0n) is 17.3. The van der Waals surface area contributed by atoms with E-state index in [0.717, 1.165) is 35.0 Å². The lowest BCUT2D eigenvalue weighted by atomic mass is 9.96. The molecule has 4 rings (SSSR count). The number of amides is 1. The molecule has 0 N–H and O–H groups in total. The molecule has 30 heavy (non-hydrogen) atoms. The summed E-state index contributed by atoms with van der Waals surface area (Å²) in [4.78, 5) is 27.7. The molecule has 0 spiro atoms. The molecule has 0 aliphatic carbocycles. The number of hydrogen-bond donors (Lipinski definition) is 0. The Morgan fingerprint density at radius 1 is 1.13 bits per heavy atom. The summed E-state index contributed by atoms with van der Waals surface area (Å²) in [6.07, 6.45) is 6.81. The second kappa shape index (κ2) is 8.60. The van der Waals surface area contributed by atoms with Crippen LogP contribution >= 0.6 is 11.3 Å². The van der Waals surface area contributed by atoms with Gasteiger partial charge in [-0.05, 0) is 32.8 Å². The zero-order chi connectivity index (χ0) is 21.3. The van der Waals surface area contributed by atoms with Crippen LogP contribution in [0, 0.1) is 19.8 Å². The molecule has 1 atom stereocenters. The quantitative estimate of drug-likeness (QED) is 0.709. The monoisotopic (exact) mass is 449 g/mol. The van der Waals surface area contributed by atoms with E-state index < -0.39 is 10.0 Å². The third-order valence-electron chi connectivity index (χ3n) is 5.81. The van der Waals surface area contributed by atoms with Gasteiger partial charge in [-0.25, -0.2) is 13.4 Å². The summed E-state index contributed by atoms with van der Waals surface area (Å²) >= 11 is 1.50. The van der Waals surface area contributed by atoms with Crippen molar-refractivity contribution < 1.29 is 13.2 Å². The lowest BCUT2D eigenvalue weighted by Gasteiger charge is -2.38. The van der Waals surface area contributed by atoms with E-state index >= 15 is 0 Å². The van der Waals surface area contributed by atoms with E-state index in [4.69, 9.17) is 0 Å². The molecule has 10 heteroatoms. The fourth-order valence-electron chi connectivity index (χ4n) is 4.25. The van der Waals surface area contributed by atoms with Gasteiger partial charge in [-0.15, -0.1) is 11.3 Å². The summed E-state index contributed by atoms with van der Waals surface area (Å²) < 4.78 is 27.5. The van der Waals surface area contributed by atoms with Gasteiger partial charge in [-0.1, -0.05) is 0 Å². The first-order chi connectivity index (χ1) is 14.4. The summed E-state index contributed by atoms with van der Waals surface area (Å²) in [6.45, 7) is 6.80. The Balaban J connectivity index is 1.38. The van der Waals surface area contributed by atoms with E-state index in [-0.39, 0.29) is 11.8 Å². The SMILES string of the molecule is Cc1cc(S(=O)(=O)N2CCN(C(=O)C3CCCN(c4cnccn4)C3)CC2)c(C)s1. The van der Waals surface area contributed by atoms with Gasteiger partial charge in [0.1, 0.15) is 5.82 Å². The van der Waals surface area contributed by atoms with E-state index in [1.165, 1.54) is 15.6 Å². The first kappa shape index (κ1) is 21.2.